The molecule has 2 N–H and O–H groups in total. The van der Waals surface area contributed by atoms with Gasteiger partial charge in [-0.2, -0.15) is 0 Å². The Labute approximate surface area is 139 Å². The van der Waals surface area contributed by atoms with Gasteiger partial charge in [-0.05, 0) is 46.7 Å². The topological polar surface area (TPSA) is 70.4 Å². The Morgan fingerprint density at radius 2 is 2.13 bits per heavy atom. The van der Waals surface area contributed by atoms with E-state index in [9.17, 15) is 4.79 Å². The van der Waals surface area contributed by atoms with Gasteiger partial charge in [0.25, 0.3) is 0 Å². The standard InChI is InChI=1S/C17H30N4O2/c1-12-7-6-8-17(9-12,21(4)5)11-19-16(22)18-10-15-13(2)20-23-14(15)3/h12H,6-11H2,1-5H3,(H2,18,19,22)/t12-,17-/m0/s1. The molecule has 1 aliphatic rings. The number of hydrogen-bond acceptors (Lipinski definition) is 4. The third kappa shape index (κ3) is 4.25. The molecule has 23 heavy (non-hydrogen) atoms. The summed E-state index contributed by atoms with van der Waals surface area (Å²) in [5.41, 5.74) is 1.85. The van der Waals surface area contributed by atoms with Gasteiger partial charge in [-0.1, -0.05) is 24.9 Å². The van der Waals surface area contributed by atoms with E-state index >= 15 is 0 Å². The number of aryl methyl sites for hydroxylation is 2. The van der Waals surface area contributed by atoms with Crippen molar-refractivity contribution in [3.8, 4) is 0 Å². The zero-order valence-corrected chi connectivity index (χ0v) is 15.0. The molecule has 1 aromatic heterocycles. The number of carbonyl (C=O) groups is 1. The van der Waals surface area contributed by atoms with Crippen molar-refractivity contribution < 1.29 is 9.32 Å². The zero-order valence-electron chi connectivity index (χ0n) is 15.0. The molecule has 2 amide bonds. The molecule has 0 spiro atoms. The summed E-state index contributed by atoms with van der Waals surface area (Å²) in [5, 5.41) is 9.86. The average Bonchev–Trinajstić information content (AvgIpc) is 2.82. The summed E-state index contributed by atoms with van der Waals surface area (Å²) < 4.78 is 5.11. The summed E-state index contributed by atoms with van der Waals surface area (Å²) in [6.45, 7) is 7.17. The molecule has 130 valence electrons. The average molecular weight is 322 g/mol. The maximum Gasteiger partial charge on any atom is 0.315 e. The molecule has 0 unspecified atom stereocenters. The lowest BCUT2D eigenvalue weighted by Crippen LogP contribution is -2.56. The van der Waals surface area contributed by atoms with Gasteiger partial charge in [-0.25, -0.2) is 4.79 Å². The first-order valence-corrected chi connectivity index (χ1v) is 8.45. The molecule has 2 rings (SSSR count). The number of carbonyl (C=O) groups excluding carboxylic acids is 1. The molecular formula is C17H30N4O2. The van der Waals surface area contributed by atoms with Crippen molar-refractivity contribution in [2.75, 3.05) is 20.6 Å². The van der Waals surface area contributed by atoms with Gasteiger partial charge in [0.05, 0.1) is 5.69 Å². The van der Waals surface area contributed by atoms with Gasteiger partial charge in [0.15, 0.2) is 0 Å². The molecule has 1 saturated carbocycles. The Morgan fingerprint density at radius 1 is 1.39 bits per heavy atom. The van der Waals surface area contributed by atoms with Crippen molar-refractivity contribution in [3.63, 3.8) is 0 Å². The summed E-state index contributed by atoms with van der Waals surface area (Å²) in [4.78, 5) is 14.4. The molecule has 1 heterocycles. The number of hydrogen-bond donors (Lipinski definition) is 2. The number of urea groups is 1. The maximum absolute atomic E-state index is 12.2. The number of amides is 2. The van der Waals surface area contributed by atoms with E-state index in [0.29, 0.717) is 19.0 Å². The van der Waals surface area contributed by atoms with E-state index in [1.165, 1.54) is 12.8 Å². The van der Waals surface area contributed by atoms with Gasteiger partial charge in [-0.15, -0.1) is 0 Å². The summed E-state index contributed by atoms with van der Waals surface area (Å²) in [7, 11) is 4.23. The minimum Gasteiger partial charge on any atom is -0.361 e. The summed E-state index contributed by atoms with van der Waals surface area (Å²) in [6.07, 6.45) is 4.77. The first-order chi connectivity index (χ1) is 10.8. The quantitative estimate of drug-likeness (QED) is 0.874. The monoisotopic (exact) mass is 322 g/mol. The molecule has 6 nitrogen and oxygen atoms in total. The first kappa shape index (κ1) is 17.8. The van der Waals surface area contributed by atoms with E-state index < -0.39 is 0 Å². The van der Waals surface area contributed by atoms with Crippen LogP contribution in [0.5, 0.6) is 0 Å². The maximum atomic E-state index is 12.2. The van der Waals surface area contributed by atoms with E-state index in [4.69, 9.17) is 4.52 Å². The van der Waals surface area contributed by atoms with Crippen LogP contribution < -0.4 is 10.6 Å². The van der Waals surface area contributed by atoms with Crippen LogP contribution in [-0.4, -0.2) is 42.3 Å². The molecule has 0 aliphatic heterocycles. The largest absolute Gasteiger partial charge is 0.361 e. The van der Waals surface area contributed by atoms with Crippen molar-refractivity contribution in [1.29, 1.82) is 0 Å². The first-order valence-electron chi connectivity index (χ1n) is 8.45. The van der Waals surface area contributed by atoms with Crippen molar-refractivity contribution >= 4 is 6.03 Å². The van der Waals surface area contributed by atoms with Gasteiger partial charge < -0.3 is 20.1 Å². The number of nitrogens with zero attached hydrogens (tertiary/aromatic N) is 2. The van der Waals surface area contributed by atoms with Crippen LogP contribution >= 0.6 is 0 Å². The SMILES string of the molecule is Cc1noc(C)c1CNC(=O)NC[C@]1(N(C)C)CCC[C@H](C)C1. The lowest BCUT2D eigenvalue weighted by molar-refractivity contribution is 0.0773. The van der Waals surface area contributed by atoms with Crippen molar-refractivity contribution in [3.05, 3.63) is 17.0 Å². The van der Waals surface area contributed by atoms with Gasteiger partial charge >= 0.3 is 6.03 Å². The molecule has 1 aliphatic carbocycles. The van der Waals surface area contributed by atoms with Crippen molar-refractivity contribution in [2.24, 2.45) is 5.92 Å². The van der Waals surface area contributed by atoms with Crippen LogP contribution in [-0.2, 0) is 6.54 Å². The van der Waals surface area contributed by atoms with Gasteiger partial charge in [0.2, 0.25) is 0 Å². The highest BCUT2D eigenvalue weighted by molar-refractivity contribution is 5.74. The lowest BCUT2D eigenvalue weighted by atomic mass is 9.75. The van der Waals surface area contributed by atoms with Crippen molar-refractivity contribution in [2.45, 2.75) is 58.5 Å². The van der Waals surface area contributed by atoms with Gasteiger partial charge in [0, 0.05) is 24.2 Å². The molecule has 1 aromatic rings. The lowest BCUT2D eigenvalue weighted by Gasteiger charge is -2.45. The predicted molar refractivity (Wildman–Crippen MR) is 90.3 cm³/mol. The molecular weight excluding hydrogens is 292 g/mol. The Kier molecular flexibility index (Phi) is 5.68. The Balaban J connectivity index is 1.87. The second-order valence-corrected chi connectivity index (χ2v) is 7.16. The number of rotatable bonds is 5. The Morgan fingerprint density at radius 3 is 2.70 bits per heavy atom. The van der Waals surface area contributed by atoms with Crippen LogP contribution in [0, 0.1) is 19.8 Å². The highest BCUT2D eigenvalue weighted by Gasteiger charge is 2.37. The highest BCUT2D eigenvalue weighted by atomic mass is 16.5. The molecule has 0 saturated heterocycles. The van der Waals surface area contributed by atoms with E-state index in [0.717, 1.165) is 29.9 Å². The molecule has 1 fully saturated rings. The van der Waals surface area contributed by atoms with Crippen molar-refractivity contribution in [1.82, 2.24) is 20.7 Å². The van der Waals surface area contributed by atoms with Gasteiger partial charge in [-0.3, -0.25) is 0 Å². The fourth-order valence-corrected chi connectivity index (χ4v) is 3.59. The minimum atomic E-state index is -0.135. The van der Waals surface area contributed by atoms with Crippen LogP contribution in [0.4, 0.5) is 4.79 Å². The highest BCUT2D eigenvalue weighted by Crippen LogP contribution is 2.35. The number of aromatic nitrogens is 1. The fraction of sp³-hybridized carbons (Fsp3) is 0.765. The van der Waals surface area contributed by atoms with Gasteiger partial charge in [0.1, 0.15) is 5.76 Å². The molecule has 0 radical (unpaired) electrons. The fourth-order valence-electron chi connectivity index (χ4n) is 3.59. The van der Waals surface area contributed by atoms with E-state index in [2.05, 4.69) is 41.7 Å². The van der Waals surface area contributed by atoms with E-state index in [1.54, 1.807) is 0 Å². The van der Waals surface area contributed by atoms with E-state index in [1.807, 2.05) is 13.8 Å². The Bertz CT molecular complexity index is 521. The molecule has 0 bridgehead atoms. The molecule has 6 heteroatoms. The number of nitrogens with one attached hydrogen (secondary N) is 2. The Hall–Kier alpha value is -1.56. The summed E-state index contributed by atoms with van der Waals surface area (Å²) in [5.74, 6) is 1.46. The zero-order chi connectivity index (χ0) is 17.0. The van der Waals surface area contributed by atoms with Crippen LogP contribution in [0.25, 0.3) is 0 Å². The predicted octanol–water partition coefficient (Wildman–Crippen LogP) is 2.60. The van der Waals surface area contributed by atoms with Crippen LogP contribution in [0.2, 0.25) is 0 Å². The summed E-state index contributed by atoms with van der Waals surface area (Å²) in [6, 6.07) is -0.135. The number of likely N-dealkylation sites (N-methyl/N-ethyl adjacent to an activating group) is 1. The summed E-state index contributed by atoms with van der Waals surface area (Å²) >= 11 is 0. The van der Waals surface area contributed by atoms with Crippen LogP contribution in [0.3, 0.4) is 0 Å². The van der Waals surface area contributed by atoms with E-state index in [-0.39, 0.29) is 11.6 Å². The smallest absolute Gasteiger partial charge is 0.315 e. The molecule has 2 atom stereocenters. The van der Waals surface area contributed by atoms with Crippen LogP contribution in [0.15, 0.2) is 4.52 Å². The minimum absolute atomic E-state index is 0.0675. The molecule has 0 aromatic carbocycles. The third-order valence-electron chi connectivity index (χ3n) is 5.20. The second kappa shape index (κ2) is 7.34. The second-order valence-electron chi connectivity index (χ2n) is 7.16. The third-order valence-corrected chi connectivity index (χ3v) is 5.20. The van der Waals surface area contributed by atoms with Crippen LogP contribution in [0.1, 0.15) is 49.6 Å². The normalized spacial score (nSPS) is 24.7.